The van der Waals surface area contributed by atoms with E-state index in [-0.39, 0.29) is 5.56 Å². The Kier molecular flexibility index (Phi) is 1.85. The Morgan fingerprint density at radius 2 is 2.43 bits per heavy atom. The van der Waals surface area contributed by atoms with Gasteiger partial charge >= 0.3 is 5.97 Å². The summed E-state index contributed by atoms with van der Waals surface area (Å²) < 4.78 is 4.96. The van der Waals surface area contributed by atoms with Crippen LogP contribution in [0.5, 0.6) is 5.75 Å². The van der Waals surface area contributed by atoms with E-state index in [1.807, 2.05) is 0 Å². The lowest BCUT2D eigenvalue weighted by Gasteiger charge is -1.98. The number of H-pyrrole nitrogens is 1. The molecule has 0 aliphatic carbocycles. The van der Waals surface area contributed by atoms with Crippen molar-refractivity contribution in [3.63, 3.8) is 0 Å². The van der Waals surface area contributed by atoms with Gasteiger partial charge in [-0.1, -0.05) is 0 Å². The van der Waals surface area contributed by atoms with Gasteiger partial charge in [0, 0.05) is 11.6 Å². The Bertz CT molecular complexity index is 490. The van der Waals surface area contributed by atoms with Crippen LogP contribution in [-0.4, -0.2) is 28.2 Å². The number of methoxy groups -OCH3 is 1. The van der Waals surface area contributed by atoms with E-state index in [0.717, 1.165) is 0 Å². The maximum Gasteiger partial charge on any atom is 0.337 e. The fourth-order valence-electron chi connectivity index (χ4n) is 1.27. The zero-order valence-electron chi connectivity index (χ0n) is 7.44. The number of pyridine rings is 1. The first-order valence-electron chi connectivity index (χ1n) is 3.97. The quantitative estimate of drug-likeness (QED) is 0.751. The first kappa shape index (κ1) is 8.55. The van der Waals surface area contributed by atoms with Gasteiger partial charge in [0.15, 0.2) is 0 Å². The topological polar surface area (TPSA) is 75.2 Å². The molecule has 0 saturated carbocycles. The number of nitrogens with one attached hydrogen (secondary N) is 1. The number of carbonyl (C=O) groups is 1. The number of aromatic carboxylic acids is 1. The van der Waals surface area contributed by atoms with E-state index in [2.05, 4.69) is 9.97 Å². The molecular formula is C9H8N2O3. The lowest BCUT2D eigenvalue weighted by atomic mass is 10.2. The lowest BCUT2D eigenvalue weighted by molar-refractivity contribution is 0.0699. The molecule has 0 aliphatic rings. The van der Waals surface area contributed by atoms with Gasteiger partial charge in [-0.15, -0.1) is 0 Å². The number of aromatic amines is 1. The van der Waals surface area contributed by atoms with Gasteiger partial charge in [0.05, 0.1) is 18.9 Å². The SMILES string of the molecule is COc1cnc2[nH]cc(C(=O)O)c2c1. The summed E-state index contributed by atoms with van der Waals surface area (Å²) in [5.41, 5.74) is 0.745. The Hall–Kier alpha value is -2.04. The van der Waals surface area contributed by atoms with Crippen LogP contribution in [0, 0.1) is 0 Å². The second-order valence-electron chi connectivity index (χ2n) is 2.78. The second-order valence-corrected chi connectivity index (χ2v) is 2.78. The van der Waals surface area contributed by atoms with Crippen LogP contribution < -0.4 is 4.74 Å². The molecular weight excluding hydrogens is 184 g/mol. The lowest BCUT2D eigenvalue weighted by Crippen LogP contribution is -1.94. The molecule has 0 saturated heterocycles. The molecule has 0 aliphatic heterocycles. The summed E-state index contributed by atoms with van der Waals surface area (Å²) in [6, 6.07) is 1.64. The van der Waals surface area contributed by atoms with Crippen molar-refractivity contribution < 1.29 is 14.6 Å². The molecule has 0 fully saturated rings. The summed E-state index contributed by atoms with van der Waals surface area (Å²) >= 11 is 0. The molecule has 5 nitrogen and oxygen atoms in total. The number of carboxylic acid groups (broad SMARTS) is 1. The number of hydrogen-bond acceptors (Lipinski definition) is 3. The minimum absolute atomic E-state index is 0.200. The molecule has 2 rings (SSSR count). The van der Waals surface area contributed by atoms with Gasteiger partial charge in [0.25, 0.3) is 0 Å². The minimum Gasteiger partial charge on any atom is -0.495 e. The number of carboxylic acids is 1. The van der Waals surface area contributed by atoms with Crippen molar-refractivity contribution in [3.05, 3.63) is 24.0 Å². The first-order chi connectivity index (χ1) is 6.72. The minimum atomic E-state index is -0.980. The Morgan fingerprint density at radius 1 is 1.64 bits per heavy atom. The van der Waals surface area contributed by atoms with Gasteiger partial charge in [-0.25, -0.2) is 9.78 Å². The Balaban J connectivity index is 2.69. The molecule has 72 valence electrons. The summed E-state index contributed by atoms with van der Waals surface area (Å²) in [5, 5.41) is 9.40. The Morgan fingerprint density at radius 3 is 3.07 bits per heavy atom. The highest BCUT2D eigenvalue weighted by molar-refractivity contribution is 6.02. The van der Waals surface area contributed by atoms with Gasteiger partial charge < -0.3 is 14.8 Å². The maximum atomic E-state index is 10.8. The highest BCUT2D eigenvalue weighted by atomic mass is 16.5. The van der Waals surface area contributed by atoms with Crippen molar-refractivity contribution in [2.24, 2.45) is 0 Å². The molecule has 0 unspecified atom stereocenters. The van der Waals surface area contributed by atoms with Gasteiger partial charge in [-0.05, 0) is 6.07 Å². The third kappa shape index (κ3) is 1.19. The average Bonchev–Trinajstić information content (AvgIpc) is 2.59. The third-order valence-corrected chi connectivity index (χ3v) is 1.97. The highest BCUT2D eigenvalue weighted by Gasteiger charge is 2.11. The van der Waals surface area contributed by atoms with E-state index < -0.39 is 5.97 Å². The predicted octanol–water partition coefficient (Wildman–Crippen LogP) is 1.27. The monoisotopic (exact) mass is 192 g/mol. The third-order valence-electron chi connectivity index (χ3n) is 1.97. The molecule has 0 amide bonds. The number of hydrogen-bond donors (Lipinski definition) is 2. The van der Waals surface area contributed by atoms with Crippen LogP contribution in [0.1, 0.15) is 10.4 Å². The first-order valence-corrected chi connectivity index (χ1v) is 3.97. The van der Waals surface area contributed by atoms with Crippen molar-refractivity contribution in [3.8, 4) is 5.75 Å². The molecule has 0 spiro atoms. The standard InChI is InChI=1S/C9H8N2O3/c1-14-5-2-6-7(9(12)13)4-11-8(6)10-3-5/h2-4H,1H3,(H,10,11)(H,12,13). The number of aromatic nitrogens is 2. The smallest absolute Gasteiger partial charge is 0.337 e. The van der Waals surface area contributed by atoms with Crippen molar-refractivity contribution in [1.29, 1.82) is 0 Å². The average molecular weight is 192 g/mol. The fraction of sp³-hybridized carbons (Fsp3) is 0.111. The molecule has 14 heavy (non-hydrogen) atoms. The van der Waals surface area contributed by atoms with Crippen LogP contribution in [0.15, 0.2) is 18.5 Å². The zero-order chi connectivity index (χ0) is 10.1. The number of nitrogens with zero attached hydrogens (tertiary/aromatic N) is 1. The van der Waals surface area contributed by atoms with Crippen molar-refractivity contribution >= 4 is 17.0 Å². The molecule has 0 bridgehead atoms. The van der Waals surface area contributed by atoms with Crippen molar-refractivity contribution in [2.45, 2.75) is 0 Å². The number of fused-ring (bicyclic) bond motifs is 1. The van der Waals surface area contributed by atoms with Gasteiger partial charge in [0.2, 0.25) is 0 Å². The largest absolute Gasteiger partial charge is 0.495 e. The highest BCUT2D eigenvalue weighted by Crippen LogP contribution is 2.20. The van der Waals surface area contributed by atoms with Gasteiger partial charge in [-0.2, -0.15) is 0 Å². The molecule has 2 aromatic rings. The predicted molar refractivity (Wildman–Crippen MR) is 49.6 cm³/mol. The van der Waals surface area contributed by atoms with Crippen LogP contribution in [0.2, 0.25) is 0 Å². The molecule has 0 atom stereocenters. The van der Waals surface area contributed by atoms with Crippen LogP contribution in [0.4, 0.5) is 0 Å². The summed E-state index contributed by atoms with van der Waals surface area (Å²) in [5.74, 6) is -0.439. The van der Waals surface area contributed by atoms with E-state index in [1.165, 1.54) is 19.5 Å². The zero-order valence-corrected chi connectivity index (χ0v) is 7.44. The number of ether oxygens (including phenoxy) is 1. The normalized spacial score (nSPS) is 10.4. The molecule has 0 radical (unpaired) electrons. The summed E-state index contributed by atoms with van der Waals surface area (Å²) in [4.78, 5) is 17.6. The van der Waals surface area contributed by atoms with Gasteiger partial charge in [0.1, 0.15) is 11.4 Å². The fourth-order valence-corrected chi connectivity index (χ4v) is 1.27. The maximum absolute atomic E-state index is 10.8. The second kappa shape index (κ2) is 3.02. The summed E-state index contributed by atoms with van der Waals surface area (Å²) in [6.45, 7) is 0. The van der Waals surface area contributed by atoms with Crippen LogP contribution in [0.25, 0.3) is 11.0 Å². The molecule has 0 aromatic carbocycles. The summed E-state index contributed by atoms with van der Waals surface area (Å²) in [6.07, 6.45) is 2.95. The molecule has 2 heterocycles. The van der Waals surface area contributed by atoms with E-state index in [1.54, 1.807) is 6.07 Å². The molecule has 5 heteroatoms. The van der Waals surface area contributed by atoms with Crippen molar-refractivity contribution in [2.75, 3.05) is 7.11 Å². The van der Waals surface area contributed by atoms with Gasteiger partial charge in [-0.3, -0.25) is 0 Å². The van der Waals surface area contributed by atoms with Crippen LogP contribution >= 0.6 is 0 Å². The van der Waals surface area contributed by atoms with E-state index in [4.69, 9.17) is 9.84 Å². The van der Waals surface area contributed by atoms with Crippen molar-refractivity contribution in [1.82, 2.24) is 9.97 Å². The van der Waals surface area contributed by atoms with E-state index in [0.29, 0.717) is 16.8 Å². The van der Waals surface area contributed by atoms with Crippen LogP contribution in [-0.2, 0) is 0 Å². The van der Waals surface area contributed by atoms with E-state index in [9.17, 15) is 4.79 Å². The summed E-state index contributed by atoms with van der Waals surface area (Å²) in [7, 11) is 1.51. The molecule has 2 aromatic heterocycles. The Labute approximate surface area is 79.3 Å². The molecule has 2 N–H and O–H groups in total. The van der Waals surface area contributed by atoms with E-state index >= 15 is 0 Å². The van der Waals surface area contributed by atoms with Crippen LogP contribution in [0.3, 0.4) is 0 Å². The number of rotatable bonds is 2.